The molecule has 1 saturated carbocycles. The molecule has 1 aliphatic carbocycles. The van der Waals surface area contributed by atoms with Crippen molar-refractivity contribution in [3.05, 3.63) is 36.0 Å². The second kappa shape index (κ2) is 6.00. The zero-order chi connectivity index (χ0) is 12.9. The topological polar surface area (TPSA) is 41.6 Å². The van der Waals surface area contributed by atoms with Crippen LogP contribution >= 0.6 is 0 Å². The van der Waals surface area contributed by atoms with Crippen molar-refractivity contribution < 1.29 is 0 Å². The van der Waals surface area contributed by atoms with Crippen molar-refractivity contribution in [3.63, 3.8) is 0 Å². The van der Waals surface area contributed by atoms with Gasteiger partial charge in [0.2, 0.25) is 0 Å². The molecule has 1 heterocycles. The Hall–Kier alpha value is -1.64. The van der Waals surface area contributed by atoms with E-state index in [1.165, 1.54) is 49.7 Å². The Morgan fingerprint density at radius 1 is 1.11 bits per heavy atom. The van der Waals surface area contributed by atoms with E-state index in [1.807, 2.05) is 0 Å². The summed E-state index contributed by atoms with van der Waals surface area (Å²) in [5.74, 6) is 0.930. The van der Waals surface area contributed by atoms with Crippen LogP contribution < -0.4 is 0 Å². The normalized spacial score (nSPS) is 16.6. The van der Waals surface area contributed by atoms with Gasteiger partial charge in [-0.3, -0.25) is 0 Å². The number of aromatic nitrogens is 3. The quantitative estimate of drug-likeness (QED) is 0.897. The summed E-state index contributed by atoms with van der Waals surface area (Å²) in [6.45, 7) is 0. The predicted molar refractivity (Wildman–Crippen MR) is 76.7 cm³/mol. The summed E-state index contributed by atoms with van der Waals surface area (Å²) in [7, 11) is 0. The van der Waals surface area contributed by atoms with E-state index in [0.717, 1.165) is 18.0 Å². The molecular weight excluding hydrogens is 234 g/mol. The van der Waals surface area contributed by atoms with Crippen molar-refractivity contribution in [1.82, 2.24) is 15.4 Å². The molecule has 19 heavy (non-hydrogen) atoms. The van der Waals surface area contributed by atoms with Gasteiger partial charge in [0.25, 0.3) is 0 Å². The number of hydrogen-bond donors (Lipinski definition) is 1. The third-order valence-corrected chi connectivity index (χ3v) is 4.26. The molecule has 100 valence electrons. The Morgan fingerprint density at radius 2 is 1.95 bits per heavy atom. The van der Waals surface area contributed by atoms with Crippen LogP contribution in [0.5, 0.6) is 0 Å². The van der Waals surface area contributed by atoms with Crippen molar-refractivity contribution in [2.75, 3.05) is 0 Å². The van der Waals surface area contributed by atoms with Gasteiger partial charge < -0.3 is 0 Å². The number of aryl methyl sites for hydroxylation is 1. The highest BCUT2D eigenvalue weighted by atomic mass is 15.3. The van der Waals surface area contributed by atoms with Crippen molar-refractivity contribution in [1.29, 1.82) is 0 Å². The van der Waals surface area contributed by atoms with E-state index in [9.17, 15) is 0 Å². The lowest BCUT2D eigenvalue weighted by Crippen LogP contribution is -2.07. The van der Waals surface area contributed by atoms with E-state index in [0.29, 0.717) is 0 Å². The average Bonchev–Trinajstić information content (AvgIpc) is 3.01. The summed E-state index contributed by atoms with van der Waals surface area (Å²) < 4.78 is 0. The molecule has 0 saturated heterocycles. The number of aromatic amines is 1. The van der Waals surface area contributed by atoms with Crippen LogP contribution in [0.1, 0.15) is 44.1 Å². The highest BCUT2D eigenvalue weighted by Gasteiger charge is 2.14. The molecule has 1 aromatic heterocycles. The van der Waals surface area contributed by atoms with E-state index in [-0.39, 0.29) is 0 Å². The van der Waals surface area contributed by atoms with E-state index in [1.54, 1.807) is 6.20 Å². The Balaban J connectivity index is 1.70. The molecule has 1 fully saturated rings. The number of benzene rings is 1. The molecule has 1 aromatic carbocycles. The molecule has 2 aromatic rings. The van der Waals surface area contributed by atoms with E-state index in [2.05, 4.69) is 39.7 Å². The van der Waals surface area contributed by atoms with Crippen LogP contribution in [0.4, 0.5) is 0 Å². The highest BCUT2D eigenvalue weighted by molar-refractivity contribution is 5.62. The van der Waals surface area contributed by atoms with Crippen molar-refractivity contribution >= 4 is 0 Å². The van der Waals surface area contributed by atoms with Crippen LogP contribution in [0.2, 0.25) is 0 Å². The average molecular weight is 255 g/mol. The molecule has 0 aliphatic heterocycles. The first-order chi connectivity index (χ1) is 9.43. The maximum absolute atomic E-state index is 4.21. The standard InChI is InChI=1S/C16H21N3/c1-2-6-13(7-3-1)10-11-14-8-4-5-9-15(14)16-12-17-19-18-16/h4-5,8-9,12-13H,1-3,6-7,10-11H2,(H,17,18,19). The molecule has 0 unspecified atom stereocenters. The number of rotatable bonds is 4. The van der Waals surface area contributed by atoms with Crippen LogP contribution in [0.25, 0.3) is 11.3 Å². The molecule has 3 nitrogen and oxygen atoms in total. The van der Waals surface area contributed by atoms with Gasteiger partial charge in [0.15, 0.2) is 0 Å². The third kappa shape index (κ3) is 3.03. The third-order valence-electron chi connectivity index (χ3n) is 4.26. The minimum absolute atomic E-state index is 0.930. The first-order valence-electron chi connectivity index (χ1n) is 7.37. The molecule has 0 amide bonds. The van der Waals surface area contributed by atoms with Gasteiger partial charge in [-0.2, -0.15) is 15.4 Å². The second-order valence-electron chi connectivity index (χ2n) is 5.56. The van der Waals surface area contributed by atoms with Crippen molar-refractivity contribution in [2.24, 2.45) is 5.92 Å². The van der Waals surface area contributed by atoms with Crippen molar-refractivity contribution in [2.45, 2.75) is 44.9 Å². The lowest BCUT2D eigenvalue weighted by molar-refractivity contribution is 0.339. The minimum Gasteiger partial charge on any atom is -0.197 e. The molecule has 0 radical (unpaired) electrons. The van der Waals surface area contributed by atoms with E-state index in [4.69, 9.17) is 0 Å². The van der Waals surface area contributed by atoms with E-state index < -0.39 is 0 Å². The van der Waals surface area contributed by atoms with Crippen LogP contribution in [0, 0.1) is 5.92 Å². The molecule has 1 N–H and O–H groups in total. The van der Waals surface area contributed by atoms with Crippen LogP contribution in [0.3, 0.4) is 0 Å². The Labute approximate surface area is 114 Å². The van der Waals surface area contributed by atoms with Gasteiger partial charge in [-0.05, 0) is 24.3 Å². The van der Waals surface area contributed by atoms with Crippen LogP contribution in [-0.4, -0.2) is 15.4 Å². The summed E-state index contributed by atoms with van der Waals surface area (Å²) >= 11 is 0. The Bertz CT molecular complexity index is 498. The van der Waals surface area contributed by atoms with Crippen LogP contribution in [-0.2, 0) is 6.42 Å². The number of hydrogen-bond acceptors (Lipinski definition) is 2. The lowest BCUT2D eigenvalue weighted by Gasteiger charge is -2.21. The fourth-order valence-electron chi connectivity index (χ4n) is 3.16. The van der Waals surface area contributed by atoms with Gasteiger partial charge in [-0.1, -0.05) is 56.4 Å². The van der Waals surface area contributed by atoms with Crippen LogP contribution in [0.15, 0.2) is 30.5 Å². The first kappa shape index (κ1) is 12.4. The van der Waals surface area contributed by atoms with Gasteiger partial charge in [-0.15, -0.1) is 0 Å². The smallest absolute Gasteiger partial charge is 0.113 e. The number of nitrogens with one attached hydrogen (secondary N) is 1. The molecule has 0 spiro atoms. The molecule has 3 heteroatoms. The molecule has 3 rings (SSSR count). The zero-order valence-electron chi connectivity index (χ0n) is 11.3. The first-order valence-corrected chi connectivity index (χ1v) is 7.37. The summed E-state index contributed by atoms with van der Waals surface area (Å²) in [4.78, 5) is 0. The fraction of sp³-hybridized carbons (Fsp3) is 0.500. The molecule has 1 aliphatic rings. The summed E-state index contributed by atoms with van der Waals surface area (Å²) in [6, 6.07) is 8.58. The predicted octanol–water partition coefficient (Wildman–Crippen LogP) is 3.98. The Kier molecular flexibility index (Phi) is 3.92. The second-order valence-corrected chi connectivity index (χ2v) is 5.56. The van der Waals surface area contributed by atoms with Crippen molar-refractivity contribution in [3.8, 4) is 11.3 Å². The van der Waals surface area contributed by atoms with Gasteiger partial charge in [0.1, 0.15) is 5.69 Å². The maximum Gasteiger partial charge on any atom is 0.113 e. The van der Waals surface area contributed by atoms with Gasteiger partial charge >= 0.3 is 0 Å². The maximum atomic E-state index is 4.21. The largest absolute Gasteiger partial charge is 0.197 e. The summed E-state index contributed by atoms with van der Waals surface area (Å²) in [6.07, 6.45) is 11.4. The zero-order valence-corrected chi connectivity index (χ0v) is 11.3. The van der Waals surface area contributed by atoms with Gasteiger partial charge in [-0.25, -0.2) is 0 Å². The van der Waals surface area contributed by atoms with E-state index >= 15 is 0 Å². The SMILES string of the molecule is c1ccc(-c2cn[nH]n2)c(CCC2CCCCC2)c1. The summed E-state index contributed by atoms with van der Waals surface area (Å²) in [5, 5.41) is 10.8. The number of H-pyrrole nitrogens is 1. The lowest BCUT2D eigenvalue weighted by atomic mass is 9.84. The molecular formula is C16H21N3. The monoisotopic (exact) mass is 255 g/mol. The Morgan fingerprint density at radius 3 is 2.74 bits per heavy atom. The fourth-order valence-corrected chi connectivity index (χ4v) is 3.16. The summed E-state index contributed by atoms with van der Waals surface area (Å²) in [5.41, 5.74) is 3.59. The molecule has 0 atom stereocenters. The highest BCUT2D eigenvalue weighted by Crippen LogP contribution is 2.29. The number of nitrogens with zero attached hydrogens (tertiary/aromatic N) is 2. The minimum atomic E-state index is 0.930. The molecule has 0 bridgehead atoms. The van der Waals surface area contributed by atoms with Gasteiger partial charge in [0, 0.05) is 5.56 Å². The van der Waals surface area contributed by atoms with Gasteiger partial charge in [0.05, 0.1) is 6.20 Å².